The maximum Gasteiger partial charge on any atom is 0.107 e. The number of rotatable bonds is 4. The van der Waals surface area contributed by atoms with E-state index >= 15 is 0 Å². The van der Waals surface area contributed by atoms with Crippen LogP contribution in [0.2, 0.25) is 0 Å². The van der Waals surface area contributed by atoms with E-state index in [1.54, 1.807) is 0 Å². The predicted molar refractivity (Wildman–Crippen MR) is 39.1 cm³/mol. The lowest BCUT2D eigenvalue weighted by Crippen LogP contribution is -1.98. The number of hydrogen-bond donors (Lipinski definition) is 0. The Bertz CT molecular complexity index is 89.2. The quantitative estimate of drug-likeness (QED) is 0.411. The summed E-state index contributed by atoms with van der Waals surface area (Å²) in [7, 11) is 0. The first-order valence-corrected chi connectivity index (χ1v) is 3.28. The van der Waals surface area contributed by atoms with Crippen molar-refractivity contribution in [2.45, 2.75) is 20.3 Å². The molecule has 0 saturated heterocycles. The summed E-state index contributed by atoms with van der Waals surface area (Å²) >= 11 is 0. The van der Waals surface area contributed by atoms with Crippen LogP contribution in [0.4, 0.5) is 0 Å². The van der Waals surface area contributed by atoms with Crippen molar-refractivity contribution in [2.75, 3.05) is 13.2 Å². The van der Waals surface area contributed by atoms with Crippen molar-refractivity contribution in [3.8, 4) is 12.3 Å². The van der Waals surface area contributed by atoms with Gasteiger partial charge in [-0.3, -0.25) is 0 Å². The van der Waals surface area contributed by atoms with Gasteiger partial charge in [-0.15, -0.1) is 6.42 Å². The van der Waals surface area contributed by atoms with Crippen LogP contribution in [0.1, 0.15) is 20.3 Å². The lowest BCUT2D eigenvalue weighted by Gasteiger charge is -2.02. The first kappa shape index (κ1) is 8.52. The molecule has 0 aliphatic carbocycles. The van der Waals surface area contributed by atoms with Gasteiger partial charge in [-0.1, -0.05) is 19.8 Å². The van der Waals surface area contributed by atoms with Crippen LogP contribution in [-0.4, -0.2) is 13.2 Å². The molecule has 0 atom stereocenters. The van der Waals surface area contributed by atoms with Crippen molar-refractivity contribution in [1.29, 1.82) is 0 Å². The molecule has 0 aliphatic rings. The Morgan fingerprint density at radius 2 is 2.22 bits per heavy atom. The fourth-order valence-electron chi connectivity index (χ4n) is 0.450. The normalized spacial score (nSPS) is 9.56. The molecule has 1 heteroatoms. The number of terminal acetylenes is 1. The molecule has 0 unspecified atom stereocenters. The Labute approximate surface area is 57.4 Å². The number of ether oxygens (including phenoxy) is 1. The van der Waals surface area contributed by atoms with Crippen LogP contribution in [0.25, 0.3) is 0 Å². The molecule has 52 valence electrons. The van der Waals surface area contributed by atoms with Crippen LogP contribution >= 0.6 is 0 Å². The zero-order chi connectivity index (χ0) is 7.11. The van der Waals surface area contributed by atoms with Crippen molar-refractivity contribution in [2.24, 2.45) is 5.92 Å². The van der Waals surface area contributed by atoms with Crippen LogP contribution in [0.3, 0.4) is 0 Å². The zero-order valence-corrected chi connectivity index (χ0v) is 6.18. The van der Waals surface area contributed by atoms with Gasteiger partial charge in [-0.2, -0.15) is 0 Å². The van der Waals surface area contributed by atoms with E-state index in [0.717, 1.165) is 13.0 Å². The van der Waals surface area contributed by atoms with Gasteiger partial charge in [0.2, 0.25) is 0 Å². The first-order valence-electron chi connectivity index (χ1n) is 3.28. The smallest absolute Gasteiger partial charge is 0.107 e. The second kappa shape index (κ2) is 5.65. The van der Waals surface area contributed by atoms with Crippen molar-refractivity contribution < 1.29 is 4.74 Å². The van der Waals surface area contributed by atoms with Crippen molar-refractivity contribution >= 4 is 0 Å². The highest BCUT2D eigenvalue weighted by Crippen LogP contribution is 1.97. The molecule has 1 nitrogen and oxygen atoms in total. The summed E-state index contributed by atoms with van der Waals surface area (Å²) in [5.41, 5.74) is 0. The molecular formula is C8H14O. The summed E-state index contributed by atoms with van der Waals surface area (Å²) in [6.07, 6.45) is 6.07. The van der Waals surface area contributed by atoms with Crippen molar-refractivity contribution in [3.05, 3.63) is 0 Å². The highest BCUT2D eigenvalue weighted by atomic mass is 16.5. The molecule has 0 aromatic heterocycles. The lowest BCUT2D eigenvalue weighted by molar-refractivity contribution is 0.154. The monoisotopic (exact) mass is 126 g/mol. The fraction of sp³-hybridized carbons (Fsp3) is 0.750. The largest absolute Gasteiger partial charge is 0.369 e. The third kappa shape index (κ3) is 7.52. The van der Waals surface area contributed by atoms with Crippen LogP contribution in [0.5, 0.6) is 0 Å². The van der Waals surface area contributed by atoms with Gasteiger partial charge in [0.25, 0.3) is 0 Å². The highest BCUT2D eigenvalue weighted by molar-refractivity contribution is 4.82. The molecule has 0 heterocycles. The van der Waals surface area contributed by atoms with Gasteiger partial charge >= 0.3 is 0 Å². The van der Waals surface area contributed by atoms with Crippen molar-refractivity contribution in [1.82, 2.24) is 0 Å². The summed E-state index contributed by atoms with van der Waals surface area (Å²) in [4.78, 5) is 0. The van der Waals surface area contributed by atoms with E-state index in [0.29, 0.717) is 12.5 Å². The third-order valence-corrected chi connectivity index (χ3v) is 1.02. The summed E-state index contributed by atoms with van der Waals surface area (Å²) in [5.74, 6) is 3.13. The molecule has 0 fully saturated rings. The Balaban J connectivity index is 2.85. The molecule has 0 saturated carbocycles. The van der Waals surface area contributed by atoms with Gasteiger partial charge in [0.1, 0.15) is 6.61 Å². The summed E-state index contributed by atoms with van der Waals surface area (Å²) < 4.78 is 5.06. The maximum atomic E-state index is 5.06. The Hall–Kier alpha value is -0.480. The molecule has 0 amide bonds. The second-order valence-corrected chi connectivity index (χ2v) is 2.44. The zero-order valence-electron chi connectivity index (χ0n) is 6.18. The molecule has 0 aliphatic heterocycles. The lowest BCUT2D eigenvalue weighted by atomic mass is 10.1. The van der Waals surface area contributed by atoms with Gasteiger partial charge in [-0.25, -0.2) is 0 Å². The number of hydrogen-bond acceptors (Lipinski definition) is 1. The maximum absolute atomic E-state index is 5.06. The van der Waals surface area contributed by atoms with Crippen LogP contribution in [0.15, 0.2) is 0 Å². The average molecular weight is 126 g/mol. The molecule has 0 aromatic rings. The van der Waals surface area contributed by atoms with E-state index in [4.69, 9.17) is 11.2 Å². The molecule has 0 rings (SSSR count). The Morgan fingerprint density at radius 1 is 1.56 bits per heavy atom. The van der Waals surface area contributed by atoms with Crippen molar-refractivity contribution in [3.63, 3.8) is 0 Å². The second-order valence-electron chi connectivity index (χ2n) is 2.44. The van der Waals surface area contributed by atoms with E-state index in [1.165, 1.54) is 0 Å². The average Bonchev–Trinajstić information content (AvgIpc) is 1.80. The predicted octanol–water partition coefficient (Wildman–Crippen LogP) is 1.68. The molecule has 0 bridgehead atoms. The molecule has 0 N–H and O–H groups in total. The molecule has 9 heavy (non-hydrogen) atoms. The van der Waals surface area contributed by atoms with E-state index in [1.807, 2.05) is 0 Å². The van der Waals surface area contributed by atoms with Crippen LogP contribution < -0.4 is 0 Å². The highest BCUT2D eigenvalue weighted by Gasteiger charge is 1.91. The van der Waals surface area contributed by atoms with Gasteiger partial charge in [0, 0.05) is 6.61 Å². The summed E-state index contributed by atoms with van der Waals surface area (Å²) in [5, 5.41) is 0. The standard InChI is InChI=1S/C8H14O/c1-4-6-9-7-5-8(2)3/h1,8H,5-7H2,2-3H3. The minimum absolute atomic E-state index is 0.451. The minimum Gasteiger partial charge on any atom is -0.369 e. The Kier molecular flexibility index (Phi) is 5.35. The van der Waals surface area contributed by atoms with Gasteiger partial charge < -0.3 is 4.74 Å². The Morgan fingerprint density at radius 3 is 2.67 bits per heavy atom. The van der Waals surface area contributed by atoms with Crippen LogP contribution in [0, 0.1) is 18.3 Å². The first-order chi connectivity index (χ1) is 4.27. The van der Waals surface area contributed by atoms with Gasteiger partial charge in [0.05, 0.1) is 0 Å². The SMILES string of the molecule is C#CCOCCC(C)C. The third-order valence-electron chi connectivity index (χ3n) is 1.02. The molecule has 0 radical (unpaired) electrons. The van der Waals surface area contributed by atoms with E-state index in [9.17, 15) is 0 Å². The topological polar surface area (TPSA) is 9.23 Å². The van der Waals surface area contributed by atoms with Gasteiger partial charge in [-0.05, 0) is 12.3 Å². The molecular weight excluding hydrogens is 112 g/mol. The molecule has 0 spiro atoms. The molecule has 0 aromatic carbocycles. The fourth-order valence-corrected chi connectivity index (χ4v) is 0.450. The minimum atomic E-state index is 0.451. The van der Waals surface area contributed by atoms with E-state index in [2.05, 4.69) is 19.8 Å². The van der Waals surface area contributed by atoms with Gasteiger partial charge in [0.15, 0.2) is 0 Å². The summed E-state index contributed by atoms with van der Waals surface area (Å²) in [6, 6.07) is 0. The van der Waals surface area contributed by atoms with E-state index in [-0.39, 0.29) is 0 Å². The van der Waals surface area contributed by atoms with Crippen LogP contribution in [-0.2, 0) is 4.74 Å². The summed E-state index contributed by atoms with van der Waals surface area (Å²) in [6.45, 7) is 5.58. The van der Waals surface area contributed by atoms with E-state index < -0.39 is 0 Å².